The van der Waals surface area contributed by atoms with E-state index in [2.05, 4.69) is 4.98 Å². The summed E-state index contributed by atoms with van der Waals surface area (Å²) >= 11 is 1.40. The molecule has 1 saturated heterocycles. The number of aromatic nitrogens is 2. The molecule has 4 aromatic rings. The highest BCUT2D eigenvalue weighted by atomic mass is 32.1. The fraction of sp³-hybridized carbons (Fsp3) is 0.370. The zero-order valence-corrected chi connectivity index (χ0v) is 21.7. The molecule has 1 atom stereocenters. The monoisotopic (exact) mass is 509 g/mol. The van der Waals surface area contributed by atoms with Crippen LogP contribution in [-0.4, -0.2) is 46.9 Å². The summed E-state index contributed by atoms with van der Waals surface area (Å²) in [4.78, 5) is 32.2. The number of ether oxygens (including phenoxy) is 2. The Balaban J connectivity index is 1.50. The topological polar surface area (TPSA) is 73.1 Å². The van der Waals surface area contributed by atoms with Crippen molar-refractivity contribution in [3.05, 3.63) is 53.5 Å². The lowest BCUT2D eigenvalue weighted by Gasteiger charge is -2.31. The Hall–Kier alpha value is -3.46. The lowest BCUT2D eigenvalue weighted by molar-refractivity contribution is -0.140. The molecule has 0 spiro atoms. The standard InChI is InChI=1S/C27H28FN3O4S/c1-27(2,3)25(33)30-10-6-7-20(30)15-8-9-16(18(28)11-15)19-14-31-21-13-22(34-4)17(24(32)35-5)12-23(21)36-26(31)29-19/h8-9,11-14,20H,6-7,10H2,1-5H3. The van der Waals surface area contributed by atoms with Gasteiger partial charge in [-0.25, -0.2) is 14.2 Å². The van der Waals surface area contributed by atoms with E-state index in [-0.39, 0.29) is 17.8 Å². The maximum absolute atomic E-state index is 15.4. The Morgan fingerprint density at radius 1 is 1.17 bits per heavy atom. The fourth-order valence-electron chi connectivity index (χ4n) is 4.83. The van der Waals surface area contributed by atoms with E-state index in [0.717, 1.165) is 28.6 Å². The molecule has 9 heteroatoms. The zero-order chi connectivity index (χ0) is 25.8. The molecular formula is C27H28FN3O4S. The summed E-state index contributed by atoms with van der Waals surface area (Å²) in [6.45, 7) is 6.42. The second kappa shape index (κ2) is 8.89. The summed E-state index contributed by atoms with van der Waals surface area (Å²) in [6.07, 6.45) is 3.51. The number of likely N-dealkylation sites (tertiary alicyclic amines) is 1. The highest BCUT2D eigenvalue weighted by molar-refractivity contribution is 7.23. The maximum Gasteiger partial charge on any atom is 0.341 e. The van der Waals surface area contributed by atoms with Crippen LogP contribution < -0.4 is 4.74 Å². The van der Waals surface area contributed by atoms with E-state index in [4.69, 9.17) is 9.47 Å². The van der Waals surface area contributed by atoms with Gasteiger partial charge >= 0.3 is 5.97 Å². The summed E-state index contributed by atoms with van der Waals surface area (Å²) in [7, 11) is 2.82. The van der Waals surface area contributed by atoms with Gasteiger partial charge in [0.25, 0.3) is 0 Å². The summed E-state index contributed by atoms with van der Waals surface area (Å²) < 4.78 is 28.3. The number of esters is 1. The average Bonchev–Trinajstić information content (AvgIpc) is 3.56. The van der Waals surface area contributed by atoms with E-state index < -0.39 is 11.4 Å². The Morgan fingerprint density at radius 3 is 2.61 bits per heavy atom. The second-order valence-corrected chi connectivity index (χ2v) is 11.0. The predicted octanol–water partition coefficient (Wildman–Crippen LogP) is 5.86. The van der Waals surface area contributed by atoms with Crippen LogP contribution in [0, 0.1) is 11.2 Å². The molecule has 3 heterocycles. The van der Waals surface area contributed by atoms with Gasteiger partial charge in [0.2, 0.25) is 5.91 Å². The highest BCUT2D eigenvalue weighted by Gasteiger charge is 2.36. The average molecular weight is 510 g/mol. The minimum atomic E-state index is -0.480. The van der Waals surface area contributed by atoms with E-state index in [1.165, 1.54) is 31.6 Å². The van der Waals surface area contributed by atoms with Crippen molar-refractivity contribution in [1.29, 1.82) is 0 Å². The molecule has 188 valence electrons. The first kappa shape index (κ1) is 24.2. The van der Waals surface area contributed by atoms with Crippen molar-refractivity contribution in [2.24, 2.45) is 5.41 Å². The van der Waals surface area contributed by atoms with Gasteiger partial charge in [-0.15, -0.1) is 0 Å². The van der Waals surface area contributed by atoms with Crippen LogP contribution in [0.15, 0.2) is 36.5 Å². The number of halogens is 1. The van der Waals surface area contributed by atoms with Gasteiger partial charge in [0.05, 0.1) is 36.2 Å². The molecule has 0 N–H and O–H groups in total. The number of rotatable bonds is 4. The highest BCUT2D eigenvalue weighted by Crippen LogP contribution is 2.38. The van der Waals surface area contributed by atoms with Crippen molar-refractivity contribution in [2.75, 3.05) is 20.8 Å². The Kier molecular flexibility index (Phi) is 5.98. The van der Waals surface area contributed by atoms with Crippen LogP contribution in [0.25, 0.3) is 26.4 Å². The molecule has 2 aromatic heterocycles. The molecule has 0 saturated carbocycles. The lowest BCUT2D eigenvalue weighted by atomic mass is 9.93. The summed E-state index contributed by atoms with van der Waals surface area (Å²) in [5.41, 5.74) is 2.37. The number of imidazole rings is 1. The molecule has 7 nitrogen and oxygen atoms in total. The third kappa shape index (κ3) is 4.01. The molecule has 0 aliphatic carbocycles. The molecule has 1 aliphatic rings. The van der Waals surface area contributed by atoms with Gasteiger partial charge in [0, 0.05) is 29.8 Å². The number of methoxy groups -OCH3 is 2. The van der Waals surface area contributed by atoms with Crippen LogP contribution >= 0.6 is 11.3 Å². The minimum absolute atomic E-state index is 0.0847. The maximum atomic E-state index is 15.4. The van der Waals surface area contributed by atoms with Gasteiger partial charge in [-0.2, -0.15) is 0 Å². The molecule has 2 aromatic carbocycles. The smallest absolute Gasteiger partial charge is 0.341 e. The second-order valence-electron chi connectivity index (χ2n) is 10.0. The summed E-state index contributed by atoms with van der Waals surface area (Å²) in [6, 6.07) is 8.54. The van der Waals surface area contributed by atoms with Crippen LogP contribution in [-0.2, 0) is 9.53 Å². The summed E-state index contributed by atoms with van der Waals surface area (Å²) in [5.74, 6) is -0.372. The van der Waals surface area contributed by atoms with Gasteiger partial charge in [-0.3, -0.25) is 9.20 Å². The quantitative estimate of drug-likeness (QED) is 0.322. The molecule has 1 aliphatic heterocycles. The van der Waals surface area contributed by atoms with E-state index in [1.54, 1.807) is 24.4 Å². The molecule has 36 heavy (non-hydrogen) atoms. The Labute approximate surface area is 212 Å². The summed E-state index contributed by atoms with van der Waals surface area (Å²) in [5, 5.41) is 0. The molecule has 1 unspecified atom stereocenters. The van der Waals surface area contributed by atoms with Gasteiger partial charge in [0.1, 0.15) is 17.1 Å². The lowest BCUT2D eigenvalue weighted by Crippen LogP contribution is -2.39. The van der Waals surface area contributed by atoms with Crippen LogP contribution in [0.1, 0.15) is 55.6 Å². The van der Waals surface area contributed by atoms with Crippen molar-refractivity contribution in [3.8, 4) is 17.0 Å². The number of hydrogen-bond acceptors (Lipinski definition) is 6. The van der Waals surface area contributed by atoms with E-state index >= 15 is 4.39 Å². The third-order valence-electron chi connectivity index (χ3n) is 6.63. The van der Waals surface area contributed by atoms with Crippen molar-refractivity contribution in [3.63, 3.8) is 0 Å². The Bertz CT molecular complexity index is 1500. The number of nitrogens with zero attached hydrogens (tertiary/aromatic N) is 3. The molecule has 1 amide bonds. The van der Waals surface area contributed by atoms with Crippen molar-refractivity contribution in [1.82, 2.24) is 14.3 Å². The molecule has 1 fully saturated rings. The first-order chi connectivity index (χ1) is 17.1. The van der Waals surface area contributed by atoms with Crippen molar-refractivity contribution < 1.29 is 23.5 Å². The van der Waals surface area contributed by atoms with Crippen molar-refractivity contribution >= 4 is 38.4 Å². The molecule has 5 rings (SSSR count). The minimum Gasteiger partial charge on any atom is -0.496 e. The van der Waals surface area contributed by atoms with Crippen LogP contribution in [0.2, 0.25) is 0 Å². The largest absolute Gasteiger partial charge is 0.496 e. The van der Waals surface area contributed by atoms with E-state index in [9.17, 15) is 9.59 Å². The van der Waals surface area contributed by atoms with Crippen LogP contribution in [0.3, 0.4) is 0 Å². The number of hydrogen-bond donors (Lipinski definition) is 0. The van der Waals surface area contributed by atoms with Gasteiger partial charge in [-0.05, 0) is 36.6 Å². The SMILES string of the molecule is COC(=O)c1cc2sc3nc(-c4ccc(C5CCCN5C(=O)C(C)(C)C)cc4F)cn3c2cc1OC. The van der Waals surface area contributed by atoms with Crippen LogP contribution in [0.5, 0.6) is 5.75 Å². The number of fused-ring (bicyclic) bond motifs is 3. The number of carbonyl (C=O) groups excluding carboxylic acids is 2. The first-order valence-corrected chi connectivity index (χ1v) is 12.6. The molecule has 0 radical (unpaired) electrons. The predicted molar refractivity (Wildman–Crippen MR) is 137 cm³/mol. The third-order valence-corrected chi connectivity index (χ3v) is 7.65. The first-order valence-electron chi connectivity index (χ1n) is 11.8. The number of amides is 1. The van der Waals surface area contributed by atoms with E-state index in [1.807, 2.05) is 36.1 Å². The number of benzene rings is 2. The van der Waals surface area contributed by atoms with Gasteiger partial charge < -0.3 is 14.4 Å². The van der Waals surface area contributed by atoms with E-state index in [0.29, 0.717) is 34.1 Å². The molecular weight excluding hydrogens is 481 g/mol. The Morgan fingerprint density at radius 2 is 1.94 bits per heavy atom. The fourth-order valence-corrected chi connectivity index (χ4v) is 5.86. The molecule has 0 bridgehead atoms. The van der Waals surface area contributed by atoms with Crippen molar-refractivity contribution in [2.45, 2.75) is 39.7 Å². The van der Waals surface area contributed by atoms with Crippen LogP contribution in [0.4, 0.5) is 4.39 Å². The number of thiazole rings is 1. The number of carbonyl (C=O) groups is 2. The normalized spacial score (nSPS) is 16.2. The van der Waals surface area contributed by atoms with Gasteiger partial charge in [-0.1, -0.05) is 38.2 Å². The van der Waals surface area contributed by atoms with Gasteiger partial charge in [0.15, 0.2) is 4.96 Å². The zero-order valence-electron chi connectivity index (χ0n) is 20.9.